The monoisotopic (exact) mass is 137 g/mol. The van der Waals surface area contributed by atoms with E-state index in [1.54, 1.807) is 0 Å². The lowest BCUT2D eigenvalue weighted by Gasteiger charge is -1.72. The van der Waals surface area contributed by atoms with Crippen LogP contribution in [0.2, 0.25) is 0 Å². The summed E-state index contributed by atoms with van der Waals surface area (Å²) in [6.45, 7) is 2.39. The predicted molar refractivity (Wildman–Crippen MR) is 41.2 cm³/mol. The summed E-state index contributed by atoms with van der Waals surface area (Å²) in [5.74, 6) is 0. The maximum atomic E-state index is 4.90. The van der Waals surface area contributed by atoms with Crippen LogP contribution >= 0.6 is 0 Å². The largest absolute Gasteiger partial charge is 0.344 e. The van der Waals surface area contributed by atoms with Gasteiger partial charge in [0.15, 0.2) is 0 Å². The van der Waals surface area contributed by atoms with Crippen molar-refractivity contribution in [1.29, 1.82) is 0 Å². The minimum Gasteiger partial charge on any atom is -0.344 e. The molecule has 0 radical (unpaired) electrons. The number of hydrogen-bond acceptors (Lipinski definition) is 5. The molecule has 0 fully saturated rings. The van der Waals surface area contributed by atoms with Crippen molar-refractivity contribution in [2.24, 2.45) is 22.9 Å². The minimum absolute atomic E-state index is 0. The van der Waals surface area contributed by atoms with Crippen LogP contribution in [-0.2, 0) is 0 Å². The zero-order valence-electron chi connectivity index (χ0n) is 5.84. The highest BCUT2D eigenvalue weighted by atomic mass is 14.6. The lowest BCUT2D eigenvalue weighted by Crippen LogP contribution is -2.11. The molecule has 0 aliphatic heterocycles. The fraction of sp³-hybridized carbons (Fsp3) is 1.00. The van der Waals surface area contributed by atoms with Crippen LogP contribution in [0.5, 0.6) is 0 Å². The third-order valence-electron chi connectivity index (χ3n) is 0.333. The van der Waals surface area contributed by atoms with Gasteiger partial charge in [-0.25, -0.2) is 0 Å². The topological polar surface area (TPSA) is 139 Å². The van der Waals surface area contributed by atoms with Gasteiger partial charge in [0.05, 0.1) is 0 Å². The van der Waals surface area contributed by atoms with Crippen molar-refractivity contribution in [3.8, 4) is 0 Å². The molecule has 0 rings (SSSR count). The van der Waals surface area contributed by atoms with Crippen LogP contribution in [-0.4, -0.2) is 26.2 Å². The predicted octanol–water partition coefficient (Wildman–Crippen LogP) is -2.03. The molecule has 0 aromatic rings. The summed E-state index contributed by atoms with van der Waals surface area (Å²) in [4.78, 5) is 0. The summed E-state index contributed by atoms with van der Waals surface area (Å²) in [7, 11) is 0. The van der Waals surface area contributed by atoms with Gasteiger partial charge in [-0.05, 0) is 0 Å². The Hall–Kier alpha value is -0.200. The molecule has 5 heteroatoms. The van der Waals surface area contributed by atoms with Crippen molar-refractivity contribution in [3.05, 3.63) is 0 Å². The first-order valence-corrected chi connectivity index (χ1v) is 2.63. The van der Waals surface area contributed by atoms with E-state index in [0.29, 0.717) is 26.2 Å². The summed E-state index contributed by atoms with van der Waals surface area (Å²) >= 11 is 0. The molecule has 0 aromatic heterocycles. The van der Waals surface area contributed by atoms with Crippen LogP contribution in [0.15, 0.2) is 0 Å². The quantitative estimate of drug-likeness (QED) is 0.298. The molecule has 0 unspecified atom stereocenters. The smallest absolute Gasteiger partial charge is 0.00461 e. The van der Waals surface area contributed by atoms with Crippen molar-refractivity contribution in [1.82, 2.24) is 6.15 Å². The van der Waals surface area contributed by atoms with Crippen molar-refractivity contribution in [2.75, 3.05) is 26.2 Å². The Bertz CT molecular complexity index is 16.9. The highest BCUT2D eigenvalue weighted by molar-refractivity contribution is 4.26. The van der Waals surface area contributed by atoms with E-state index in [2.05, 4.69) is 0 Å². The number of rotatable bonds is 2. The first-order chi connectivity index (χ1) is 3.83. The van der Waals surface area contributed by atoms with Crippen LogP contribution < -0.4 is 29.1 Å². The summed E-state index contributed by atoms with van der Waals surface area (Å²) < 4.78 is 0. The molecule has 0 saturated heterocycles. The van der Waals surface area contributed by atoms with Crippen molar-refractivity contribution in [3.63, 3.8) is 0 Å². The third-order valence-corrected chi connectivity index (χ3v) is 0.333. The minimum atomic E-state index is 0. The first-order valence-electron chi connectivity index (χ1n) is 2.63. The fourth-order valence-electron chi connectivity index (χ4n) is 0. The molecule has 9 heavy (non-hydrogen) atoms. The molecule has 0 spiro atoms. The SMILES string of the molecule is N.NCCN.NCCN. The fourth-order valence-corrected chi connectivity index (χ4v) is 0. The molecule has 0 aliphatic rings. The van der Waals surface area contributed by atoms with E-state index < -0.39 is 0 Å². The van der Waals surface area contributed by atoms with E-state index in [4.69, 9.17) is 22.9 Å². The molecule has 0 bridgehead atoms. The van der Waals surface area contributed by atoms with E-state index in [0.717, 1.165) is 0 Å². The maximum Gasteiger partial charge on any atom is 0.00461 e. The molecular formula is C4H19N5. The van der Waals surface area contributed by atoms with E-state index in [1.807, 2.05) is 0 Å². The second-order valence-electron chi connectivity index (χ2n) is 1.15. The van der Waals surface area contributed by atoms with E-state index in [1.165, 1.54) is 0 Å². The Morgan fingerprint density at radius 3 is 0.667 bits per heavy atom. The molecule has 0 saturated carbocycles. The molecule has 0 heterocycles. The molecule has 5 nitrogen and oxygen atoms in total. The van der Waals surface area contributed by atoms with E-state index >= 15 is 0 Å². The van der Waals surface area contributed by atoms with Crippen LogP contribution in [0.3, 0.4) is 0 Å². The summed E-state index contributed by atoms with van der Waals surface area (Å²) in [5.41, 5.74) is 19.6. The van der Waals surface area contributed by atoms with Crippen LogP contribution in [0, 0.1) is 0 Å². The normalized spacial score (nSPS) is 6.67. The molecule has 0 aromatic carbocycles. The zero-order chi connectivity index (χ0) is 6.83. The van der Waals surface area contributed by atoms with Gasteiger partial charge in [0.2, 0.25) is 0 Å². The Morgan fingerprint density at radius 1 is 0.556 bits per heavy atom. The van der Waals surface area contributed by atoms with Crippen molar-refractivity contribution in [2.45, 2.75) is 0 Å². The second kappa shape index (κ2) is 25.0. The van der Waals surface area contributed by atoms with Crippen LogP contribution in [0.4, 0.5) is 0 Å². The molecule has 0 amide bonds. The number of nitrogens with two attached hydrogens (primary N) is 4. The Labute approximate surface area is 56.3 Å². The van der Waals surface area contributed by atoms with E-state index in [-0.39, 0.29) is 6.15 Å². The van der Waals surface area contributed by atoms with Gasteiger partial charge in [-0.3, -0.25) is 0 Å². The van der Waals surface area contributed by atoms with Crippen molar-refractivity contribution >= 4 is 0 Å². The third kappa shape index (κ3) is 81.0. The zero-order valence-corrected chi connectivity index (χ0v) is 5.84. The molecular weight excluding hydrogens is 118 g/mol. The summed E-state index contributed by atoms with van der Waals surface area (Å²) in [6.07, 6.45) is 0. The first kappa shape index (κ1) is 15.9. The Balaban J connectivity index is -0.0000000720. The van der Waals surface area contributed by atoms with E-state index in [9.17, 15) is 0 Å². The van der Waals surface area contributed by atoms with Crippen LogP contribution in [0.25, 0.3) is 0 Å². The summed E-state index contributed by atoms with van der Waals surface area (Å²) in [6, 6.07) is 0. The average Bonchev–Trinajstić information content (AvgIpc) is 1.88. The van der Waals surface area contributed by atoms with Gasteiger partial charge in [-0.1, -0.05) is 0 Å². The van der Waals surface area contributed by atoms with Gasteiger partial charge in [0.1, 0.15) is 0 Å². The Morgan fingerprint density at radius 2 is 0.667 bits per heavy atom. The van der Waals surface area contributed by atoms with Crippen molar-refractivity contribution < 1.29 is 0 Å². The molecule has 11 N–H and O–H groups in total. The second-order valence-corrected chi connectivity index (χ2v) is 1.15. The lowest BCUT2D eigenvalue weighted by molar-refractivity contribution is 0.976. The van der Waals surface area contributed by atoms with Crippen LogP contribution in [0.1, 0.15) is 0 Å². The highest BCUT2D eigenvalue weighted by Gasteiger charge is 1.54. The van der Waals surface area contributed by atoms with Gasteiger partial charge in [-0.15, -0.1) is 0 Å². The summed E-state index contributed by atoms with van der Waals surface area (Å²) in [5, 5.41) is 0. The molecule has 60 valence electrons. The molecule has 0 atom stereocenters. The average molecular weight is 137 g/mol. The van der Waals surface area contributed by atoms with Gasteiger partial charge >= 0.3 is 0 Å². The maximum absolute atomic E-state index is 4.90. The lowest BCUT2D eigenvalue weighted by atomic mass is 10.7. The van der Waals surface area contributed by atoms with Gasteiger partial charge in [-0.2, -0.15) is 0 Å². The highest BCUT2D eigenvalue weighted by Crippen LogP contribution is 1.24. The van der Waals surface area contributed by atoms with Gasteiger partial charge in [0, 0.05) is 26.2 Å². The standard InChI is InChI=1S/2C2H8N2.H3N/c2*3-1-2-4;/h2*1-4H2;1H3. The number of hydrogen-bond donors (Lipinski definition) is 5. The van der Waals surface area contributed by atoms with Gasteiger partial charge in [0.25, 0.3) is 0 Å². The van der Waals surface area contributed by atoms with Gasteiger partial charge < -0.3 is 29.1 Å². The Kier molecular flexibility index (Phi) is 44.2. The molecule has 0 aliphatic carbocycles.